The maximum Gasteiger partial charge on any atom is 0.324 e. The van der Waals surface area contributed by atoms with E-state index in [9.17, 15) is 9.59 Å². The monoisotopic (exact) mass is 386 g/mol. The molecule has 2 aliphatic rings. The third kappa shape index (κ3) is 2.19. The van der Waals surface area contributed by atoms with Crippen molar-refractivity contribution in [3.63, 3.8) is 0 Å². The number of nitrogens with one attached hydrogen (secondary N) is 2. The highest BCUT2D eigenvalue weighted by Crippen LogP contribution is 2.38. The molecule has 1 aliphatic heterocycles. The normalized spacial score (nSPS) is 17.6. The Balaban J connectivity index is 1.35. The van der Waals surface area contributed by atoms with Gasteiger partial charge in [0.05, 0.1) is 34.9 Å². The summed E-state index contributed by atoms with van der Waals surface area (Å²) in [5.41, 5.74) is 5.17. The molecule has 0 bridgehead atoms. The summed E-state index contributed by atoms with van der Waals surface area (Å²) in [5, 5.41) is 2.43. The van der Waals surface area contributed by atoms with E-state index in [1.807, 2.05) is 36.7 Å². The number of benzene rings is 2. The summed E-state index contributed by atoms with van der Waals surface area (Å²) in [7, 11) is 1.68. The van der Waals surface area contributed by atoms with Gasteiger partial charge < -0.3 is 14.5 Å². The molecule has 6 rings (SSSR count). The molecular weight excluding hydrogens is 368 g/mol. The first-order valence-corrected chi connectivity index (χ1v) is 9.53. The van der Waals surface area contributed by atoms with E-state index in [-0.39, 0.29) is 11.9 Å². The van der Waals surface area contributed by atoms with Crippen LogP contribution in [-0.2, 0) is 24.2 Å². The van der Waals surface area contributed by atoms with E-state index in [1.165, 1.54) is 4.90 Å². The fraction of sp³-hybridized carbons (Fsp3) is 0.238. The molecule has 0 saturated carbocycles. The second-order valence-electron chi connectivity index (χ2n) is 7.89. The molecule has 3 amide bonds. The van der Waals surface area contributed by atoms with Crippen molar-refractivity contribution in [1.29, 1.82) is 0 Å². The minimum Gasteiger partial charge on any atom is -0.340 e. The molecule has 1 aliphatic carbocycles. The van der Waals surface area contributed by atoms with Crippen LogP contribution in [0.4, 0.5) is 4.79 Å². The van der Waals surface area contributed by atoms with Crippen LogP contribution in [0.1, 0.15) is 17.0 Å². The largest absolute Gasteiger partial charge is 0.340 e. The van der Waals surface area contributed by atoms with Crippen molar-refractivity contribution in [2.24, 2.45) is 0 Å². The Morgan fingerprint density at radius 2 is 1.90 bits per heavy atom. The number of rotatable bonds is 2. The number of aromatic nitrogens is 4. The Morgan fingerprint density at radius 3 is 2.69 bits per heavy atom. The van der Waals surface area contributed by atoms with Gasteiger partial charge in [0.15, 0.2) is 0 Å². The van der Waals surface area contributed by atoms with E-state index in [2.05, 4.69) is 25.9 Å². The third-order valence-electron chi connectivity index (χ3n) is 6.26. The van der Waals surface area contributed by atoms with Crippen molar-refractivity contribution in [1.82, 2.24) is 29.7 Å². The quantitative estimate of drug-likeness (QED) is 0.515. The van der Waals surface area contributed by atoms with Crippen LogP contribution >= 0.6 is 0 Å². The van der Waals surface area contributed by atoms with E-state index in [0.29, 0.717) is 19.4 Å². The first kappa shape index (κ1) is 16.3. The Labute approximate surface area is 165 Å². The van der Waals surface area contributed by atoms with Gasteiger partial charge in [0.25, 0.3) is 5.91 Å². The molecule has 1 atom stereocenters. The number of likely N-dealkylation sites (N-methyl/N-ethyl adjacent to an activating group) is 1. The van der Waals surface area contributed by atoms with Crippen LogP contribution in [0.25, 0.3) is 22.1 Å². The predicted molar refractivity (Wildman–Crippen MR) is 106 cm³/mol. The van der Waals surface area contributed by atoms with Gasteiger partial charge in [-0.1, -0.05) is 12.1 Å². The topological polar surface area (TPSA) is 95.9 Å². The van der Waals surface area contributed by atoms with Gasteiger partial charge in [0, 0.05) is 19.9 Å². The number of para-hydroxylation sites is 2. The minimum absolute atomic E-state index is 0.217. The van der Waals surface area contributed by atoms with Crippen LogP contribution in [0.15, 0.2) is 42.7 Å². The molecule has 1 spiro atoms. The molecule has 8 heteroatoms. The first-order chi connectivity index (χ1) is 14.0. The van der Waals surface area contributed by atoms with Gasteiger partial charge in [-0.25, -0.2) is 14.8 Å². The number of imidazole rings is 2. The third-order valence-corrected chi connectivity index (χ3v) is 6.26. The Hall–Kier alpha value is -3.68. The summed E-state index contributed by atoms with van der Waals surface area (Å²) in [6.45, 7) is 0.601. The Bertz CT molecular complexity index is 1290. The number of hydrogen-bond acceptors (Lipinski definition) is 4. The van der Waals surface area contributed by atoms with E-state index in [1.54, 1.807) is 7.05 Å². The van der Waals surface area contributed by atoms with Crippen LogP contribution in [-0.4, -0.2) is 48.9 Å². The highest BCUT2D eigenvalue weighted by molar-refractivity contribution is 6.07. The summed E-state index contributed by atoms with van der Waals surface area (Å²) >= 11 is 0. The molecule has 0 radical (unpaired) electrons. The van der Waals surface area contributed by atoms with Crippen LogP contribution in [0.2, 0.25) is 0 Å². The molecule has 2 N–H and O–H groups in total. The Morgan fingerprint density at radius 1 is 1.10 bits per heavy atom. The number of imide groups is 1. The second kappa shape index (κ2) is 5.44. The number of carbonyl (C=O) groups is 2. The van der Waals surface area contributed by atoms with Crippen molar-refractivity contribution in [2.45, 2.75) is 24.9 Å². The van der Waals surface area contributed by atoms with Crippen molar-refractivity contribution in [2.75, 3.05) is 7.05 Å². The lowest BCUT2D eigenvalue weighted by Crippen LogP contribution is -2.48. The summed E-state index contributed by atoms with van der Waals surface area (Å²) in [6, 6.07) is 11.8. The molecule has 1 unspecified atom stereocenters. The molecule has 144 valence electrons. The molecule has 4 aromatic rings. The zero-order valence-electron chi connectivity index (χ0n) is 15.8. The highest BCUT2D eigenvalue weighted by atomic mass is 16.2. The minimum atomic E-state index is -0.809. The SMILES string of the molecule is CN1C(=O)NC(=O)C12Cc1cc3nc(Cn4cnc5ccccc54)[nH]c3cc1C2. The van der Waals surface area contributed by atoms with Gasteiger partial charge in [0.2, 0.25) is 0 Å². The molecular formula is C21H18N6O2. The predicted octanol–water partition coefficient (Wildman–Crippen LogP) is 1.98. The van der Waals surface area contributed by atoms with Crippen LogP contribution in [0.3, 0.4) is 0 Å². The number of hydrogen-bond donors (Lipinski definition) is 2. The van der Waals surface area contributed by atoms with Crippen molar-refractivity contribution in [3.8, 4) is 0 Å². The molecule has 2 aromatic heterocycles. The van der Waals surface area contributed by atoms with Crippen LogP contribution < -0.4 is 5.32 Å². The fourth-order valence-corrected chi connectivity index (χ4v) is 4.63. The smallest absolute Gasteiger partial charge is 0.324 e. The second-order valence-corrected chi connectivity index (χ2v) is 7.89. The number of urea groups is 1. The molecule has 1 saturated heterocycles. The lowest BCUT2D eigenvalue weighted by atomic mass is 9.95. The van der Waals surface area contributed by atoms with Crippen LogP contribution in [0.5, 0.6) is 0 Å². The maximum atomic E-state index is 12.5. The molecule has 29 heavy (non-hydrogen) atoms. The Kier molecular flexibility index (Phi) is 3.05. The first-order valence-electron chi connectivity index (χ1n) is 9.53. The number of carbonyl (C=O) groups excluding carboxylic acids is 2. The summed E-state index contributed by atoms with van der Waals surface area (Å²) in [5.74, 6) is 0.637. The maximum absolute atomic E-state index is 12.5. The average molecular weight is 386 g/mol. The van der Waals surface area contributed by atoms with Gasteiger partial charge in [-0.15, -0.1) is 0 Å². The zero-order chi connectivity index (χ0) is 19.8. The lowest BCUT2D eigenvalue weighted by molar-refractivity contribution is -0.125. The van der Waals surface area contributed by atoms with Gasteiger partial charge in [0.1, 0.15) is 11.4 Å². The number of aromatic amines is 1. The van der Waals surface area contributed by atoms with Gasteiger partial charge in [-0.2, -0.15) is 0 Å². The molecule has 3 heterocycles. The van der Waals surface area contributed by atoms with E-state index < -0.39 is 5.54 Å². The van der Waals surface area contributed by atoms with Gasteiger partial charge in [-0.3, -0.25) is 10.1 Å². The van der Waals surface area contributed by atoms with E-state index >= 15 is 0 Å². The van der Waals surface area contributed by atoms with Crippen molar-refractivity contribution >= 4 is 34.0 Å². The number of H-pyrrole nitrogens is 1. The van der Waals surface area contributed by atoms with Gasteiger partial charge >= 0.3 is 6.03 Å². The standard InChI is InChI=1S/C21H18N6O2/c1-26-20(29)25-19(28)21(26)8-12-6-15-16(7-13(12)9-21)24-18(23-15)10-27-11-22-14-4-2-3-5-17(14)27/h2-7,11H,8-10H2,1H3,(H,23,24)(H,25,28,29). The van der Waals surface area contributed by atoms with Crippen LogP contribution in [0, 0.1) is 0 Å². The molecule has 8 nitrogen and oxygen atoms in total. The number of amides is 3. The van der Waals surface area contributed by atoms with E-state index in [0.717, 1.165) is 39.0 Å². The molecule has 1 fully saturated rings. The van der Waals surface area contributed by atoms with E-state index in [4.69, 9.17) is 4.98 Å². The average Bonchev–Trinajstić information content (AvgIpc) is 3.43. The summed E-state index contributed by atoms with van der Waals surface area (Å²) < 4.78 is 2.07. The molecule has 2 aromatic carbocycles. The highest BCUT2D eigenvalue weighted by Gasteiger charge is 2.54. The number of nitrogens with zero attached hydrogens (tertiary/aromatic N) is 4. The lowest BCUT2D eigenvalue weighted by Gasteiger charge is -2.27. The summed E-state index contributed by atoms with van der Waals surface area (Å²) in [4.78, 5) is 38.5. The van der Waals surface area contributed by atoms with Gasteiger partial charge in [-0.05, 0) is 35.4 Å². The van der Waals surface area contributed by atoms with Crippen molar-refractivity contribution < 1.29 is 9.59 Å². The van der Waals surface area contributed by atoms with Crippen molar-refractivity contribution in [3.05, 3.63) is 59.7 Å². The fourth-order valence-electron chi connectivity index (χ4n) is 4.63. The summed E-state index contributed by atoms with van der Waals surface area (Å²) in [6.07, 6.45) is 2.86. The zero-order valence-corrected chi connectivity index (χ0v) is 15.8. The number of fused-ring (bicyclic) bond motifs is 3.